The molecule has 2 aromatic heterocycles. The maximum Gasteiger partial charge on any atom is 0.276 e. The molecular weight excluding hydrogens is 214 g/mol. The molecule has 0 atom stereocenters. The largest absolute Gasteiger partial charge is 0.315 e. The summed E-state index contributed by atoms with van der Waals surface area (Å²) in [5.41, 5.74) is 2.38. The summed E-state index contributed by atoms with van der Waals surface area (Å²) in [6.45, 7) is 0. The van der Waals surface area contributed by atoms with Gasteiger partial charge in [-0.3, -0.25) is 4.79 Å². The van der Waals surface area contributed by atoms with Gasteiger partial charge in [-0.05, 0) is 6.07 Å². The second kappa shape index (κ2) is 3.59. The lowest BCUT2D eigenvalue weighted by Gasteiger charge is -1.95. The van der Waals surface area contributed by atoms with Gasteiger partial charge in [-0.15, -0.1) is 0 Å². The number of aryl methyl sites for hydroxylation is 1. The van der Waals surface area contributed by atoms with Crippen molar-refractivity contribution in [2.75, 3.05) is 0 Å². The zero-order valence-corrected chi connectivity index (χ0v) is 9.37. The summed E-state index contributed by atoms with van der Waals surface area (Å²) >= 11 is 0. The monoisotopic (exact) mass is 225 g/mol. The Kier molecular flexibility index (Phi) is 2.08. The fourth-order valence-corrected chi connectivity index (χ4v) is 1.83. The highest BCUT2D eigenvalue weighted by atomic mass is 16.1. The molecule has 3 aromatic rings. The van der Waals surface area contributed by atoms with E-state index in [0.29, 0.717) is 5.52 Å². The Bertz CT molecular complexity index is 725. The normalized spacial score (nSPS) is 10.9. The summed E-state index contributed by atoms with van der Waals surface area (Å²) in [4.78, 5) is 11.9. The number of rotatable bonds is 1. The van der Waals surface area contributed by atoms with Gasteiger partial charge in [0.05, 0.1) is 5.69 Å². The Balaban J connectivity index is 2.28. The summed E-state index contributed by atoms with van der Waals surface area (Å²) in [5.74, 6) is 0. The van der Waals surface area contributed by atoms with Gasteiger partial charge in [0.15, 0.2) is 0 Å². The molecule has 0 aliphatic heterocycles. The first kappa shape index (κ1) is 9.84. The molecule has 0 amide bonds. The number of aromatic nitrogens is 3. The molecule has 2 heterocycles. The summed E-state index contributed by atoms with van der Waals surface area (Å²) < 4.78 is 3.16. The van der Waals surface area contributed by atoms with Crippen LogP contribution in [-0.4, -0.2) is 14.2 Å². The van der Waals surface area contributed by atoms with Crippen LogP contribution >= 0.6 is 0 Å². The third-order valence-electron chi connectivity index (χ3n) is 2.78. The van der Waals surface area contributed by atoms with E-state index >= 15 is 0 Å². The van der Waals surface area contributed by atoms with Crippen molar-refractivity contribution in [2.45, 2.75) is 0 Å². The van der Waals surface area contributed by atoms with Gasteiger partial charge in [0, 0.05) is 25.0 Å². The number of hydrogen-bond acceptors (Lipinski definition) is 2. The van der Waals surface area contributed by atoms with E-state index in [1.807, 2.05) is 36.4 Å². The van der Waals surface area contributed by atoms with Crippen LogP contribution in [0.25, 0.3) is 16.8 Å². The molecule has 0 radical (unpaired) electrons. The summed E-state index contributed by atoms with van der Waals surface area (Å²) in [6.07, 6.45) is 3.49. The first-order valence-electron chi connectivity index (χ1n) is 5.36. The van der Waals surface area contributed by atoms with Gasteiger partial charge >= 0.3 is 0 Å². The van der Waals surface area contributed by atoms with Crippen LogP contribution in [0.1, 0.15) is 0 Å². The van der Waals surface area contributed by atoms with Crippen molar-refractivity contribution < 1.29 is 0 Å². The van der Waals surface area contributed by atoms with Crippen LogP contribution in [0, 0.1) is 0 Å². The molecule has 0 aliphatic carbocycles. The zero-order chi connectivity index (χ0) is 11.8. The van der Waals surface area contributed by atoms with Crippen molar-refractivity contribution in [1.29, 1.82) is 0 Å². The van der Waals surface area contributed by atoms with E-state index in [1.54, 1.807) is 28.5 Å². The van der Waals surface area contributed by atoms with E-state index < -0.39 is 0 Å². The highest BCUT2D eigenvalue weighted by Gasteiger charge is 2.06. The number of fused-ring (bicyclic) bond motifs is 1. The van der Waals surface area contributed by atoms with Gasteiger partial charge in [-0.1, -0.05) is 30.3 Å². The van der Waals surface area contributed by atoms with Gasteiger partial charge in [0.2, 0.25) is 0 Å². The smallest absolute Gasteiger partial charge is 0.276 e. The minimum atomic E-state index is -0.0396. The van der Waals surface area contributed by atoms with Crippen LogP contribution in [0.4, 0.5) is 0 Å². The number of nitrogens with zero attached hydrogens (tertiary/aromatic N) is 3. The first-order chi connectivity index (χ1) is 8.25. The lowest BCUT2D eigenvalue weighted by molar-refractivity contribution is 0.821. The van der Waals surface area contributed by atoms with E-state index in [9.17, 15) is 4.79 Å². The van der Waals surface area contributed by atoms with Crippen molar-refractivity contribution >= 4 is 5.52 Å². The van der Waals surface area contributed by atoms with Crippen molar-refractivity contribution in [1.82, 2.24) is 14.2 Å². The molecule has 17 heavy (non-hydrogen) atoms. The predicted octanol–water partition coefficient (Wildman–Crippen LogP) is 1.70. The van der Waals surface area contributed by atoms with Gasteiger partial charge < -0.3 is 4.57 Å². The topological polar surface area (TPSA) is 39.3 Å². The fraction of sp³-hybridized carbons (Fsp3) is 0.0769. The molecule has 84 valence electrons. The van der Waals surface area contributed by atoms with Crippen molar-refractivity contribution in [3.8, 4) is 11.3 Å². The highest BCUT2D eigenvalue weighted by molar-refractivity contribution is 5.65. The maximum atomic E-state index is 11.9. The molecule has 4 nitrogen and oxygen atoms in total. The average Bonchev–Trinajstić information content (AvgIpc) is 2.80. The van der Waals surface area contributed by atoms with Gasteiger partial charge in [0.25, 0.3) is 5.56 Å². The Morgan fingerprint density at radius 3 is 2.65 bits per heavy atom. The maximum absolute atomic E-state index is 11.9. The second-order valence-electron chi connectivity index (χ2n) is 3.94. The molecule has 0 unspecified atom stereocenters. The van der Waals surface area contributed by atoms with Gasteiger partial charge in [-0.25, -0.2) is 4.52 Å². The van der Waals surface area contributed by atoms with Crippen LogP contribution < -0.4 is 5.56 Å². The summed E-state index contributed by atoms with van der Waals surface area (Å²) in [5, 5.41) is 4.39. The van der Waals surface area contributed by atoms with Gasteiger partial charge in [-0.2, -0.15) is 5.10 Å². The molecular formula is C13H11N3O. The number of benzene rings is 1. The van der Waals surface area contributed by atoms with Gasteiger partial charge in [0.1, 0.15) is 5.52 Å². The zero-order valence-electron chi connectivity index (χ0n) is 9.37. The number of hydrogen-bond donors (Lipinski definition) is 0. The van der Waals surface area contributed by atoms with E-state index in [2.05, 4.69) is 5.10 Å². The molecule has 1 aromatic carbocycles. The van der Waals surface area contributed by atoms with Crippen molar-refractivity contribution in [3.63, 3.8) is 0 Å². The van der Waals surface area contributed by atoms with Crippen LogP contribution in [0.5, 0.6) is 0 Å². The SMILES string of the molecule is Cn1ccn2nc(-c3ccccc3)cc2c1=O. The lowest BCUT2D eigenvalue weighted by atomic mass is 10.1. The van der Waals surface area contributed by atoms with Crippen molar-refractivity contribution in [3.05, 3.63) is 59.1 Å². The van der Waals surface area contributed by atoms with Crippen LogP contribution in [-0.2, 0) is 7.05 Å². The Hall–Kier alpha value is -2.36. The minimum Gasteiger partial charge on any atom is -0.315 e. The van der Waals surface area contributed by atoms with E-state index in [4.69, 9.17) is 0 Å². The quantitative estimate of drug-likeness (QED) is 0.632. The molecule has 0 spiro atoms. The molecule has 0 aliphatic rings. The summed E-state index contributed by atoms with van der Waals surface area (Å²) in [7, 11) is 1.73. The molecule has 4 heteroatoms. The Morgan fingerprint density at radius 2 is 1.88 bits per heavy atom. The van der Waals surface area contributed by atoms with Crippen LogP contribution in [0.15, 0.2) is 53.6 Å². The molecule has 0 saturated carbocycles. The molecule has 0 fully saturated rings. The Labute approximate surface area is 97.8 Å². The van der Waals surface area contributed by atoms with E-state index in [-0.39, 0.29) is 5.56 Å². The molecule has 0 saturated heterocycles. The molecule has 0 N–H and O–H groups in total. The van der Waals surface area contributed by atoms with E-state index in [0.717, 1.165) is 11.3 Å². The van der Waals surface area contributed by atoms with Crippen LogP contribution in [0.3, 0.4) is 0 Å². The second-order valence-corrected chi connectivity index (χ2v) is 3.94. The third-order valence-corrected chi connectivity index (χ3v) is 2.78. The summed E-state index contributed by atoms with van der Waals surface area (Å²) in [6, 6.07) is 11.6. The average molecular weight is 225 g/mol. The third kappa shape index (κ3) is 1.54. The lowest BCUT2D eigenvalue weighted by Crippen LogP contribution is -2.17. The first-order valence-corrected chi connectivity index (χ1v) is 5.36. The fourth-order valence-electron chi connectivity index (χ4n) is 1.83. The molecule has 3 rings (SSSR count). The Morgan fingerprint density at radius 1 is 1.12 bits per heavy atom. The predicted molar refractivity (Wildman–Crippen MR) is 65.9 cm³/mol. The van der Waals surface area contributed by atoms with Crippen LogP contribution in [0.2, 0.25) is 0 Å². The molecule has 0 bridgehead atoms. The standard InChI is InChI=1S/C13H11N3O/c1-15-7-8-16-12(13(15)17)9-11(14-16)10-5-3-2-4-6-10/h2-9H,1H3. The van der Waals surface area contributed by atoms with E-state index in [1.165, 1.54) is 0 Å². The minimum absolute atomic E-state index is 0.0396. The van der Waals surface area contributed by atoms with Crippen molar-refractivity contribution in [2.24, 2.45) is 7.05 Å². The highest BCUT2D eigenvalue weighted by Crippen LogP contribution is 2.17.